The second kappa shape index (κ2) is 5.29. The summed E-state index contributed by atoms with van der Waals surface area (Å²) < 4.78 is 26.4. The topological polar surface area (TPSA) is 66.4 Å². The Hall–Kier alpha value is -0.720. The molecule has 1 aromatic rings. The first-order valence-electron chi connectivity index (χ1n) is 5.48. The van der Waals surface area contributed by atoms with Gasteiger partial charge in [0, 0.05) is 11.8 Å². The summed E-state index contributed by atoms with van der Waals surface area (Å²) in [7, 11) is -3.44. The lowest BCUT2D eigenvalue weighted by Gasteiger charge is -2.10. The van der Waals surface area contributed by atoms with E-state index in [1.807, 2.05) is 11.8 Å². The van der Waals surface area contributed by atoms with Crippen LogP contribution in [0.4, 0.5) is 0 Å². The molecule has 0 aromatic heterocycles. The molecule has 2 rings (SSSR count). The highest BCUT2D eigenvalue weighted by atomic mass is 32.2. The zero-order valence-electron chi connectivity index (χ0n) is 9.30. The van der Waals surface area contributed by atoms with Gasteiger partial charge in [0.1, 0.15) is 5.75 Å². The summed E-state index contributed by atoms with van der Waals surface area (Å²) in [5, 5.41) is 9.50. The second-order valence-electron chi connectivity index (χ2n) is 3.98. The minimum atomic E-state index is -3.44. The quantitative estimate of drug-likeness (QED) is 0.874. The van der Waals surface area contributed by atoms with E-state index in [4.69, 9.17) is 5.11 Å². The third-order valence-corrected chi connectivity index (χ3v) is 5.51. The first kappa shape index (κ1) is 12.7. The van der Waals surface area contributed by atoms with E-state index in [1.54, 1.807) is 0 Å². The van der Waals surface area contributed by atoms with Crippen LogP contribution in [0.15, 0.2) is 29.2 Å². The van der Waals surface area contributed by atoms with Gasteiger partial charge in [-0.05, 0) is 42.9 Å². The number of aromatic hydroxyl groups is 1. The van der Waals surface area contributed by atoms with Gasteiger partial charge in [0.25, 0.3) is 0 Å². The predicted octanol–water partition coefficient (Wildman–Crippen LogP) is 1.57. The van der Waals surface area contributed by atoms with Crippen LogP contribution in [0, 0.1) is 0 Å². The number of hydrogen-bond acceptors (Lipinski definition) is 4. The molecule has 0 bridgehead atoms. The normalized spacial score (nSPS) is 20.6. The second-order valence-corrected chi connectivity index (χ2v) is 7.16. The molecule has 0 spiro atoms. The number of phenols is 1. The van der Waals surface area contributed by atoms with Gasteiger partial charge in [-0.2, -0.15) is 11.8 Å². The lowest BCUT2D eigenvalue weighted by Crippen LogP contribution is -2.29. The fraction of sp³-hybridized carbons (Fsp3) is 0.455. The van der Waals surface area contributed by atoms with Gasteiger partial charge in [-0.25, -0.2) is 13.1 Å². The number of nitrogens with one attached hydrogen (secondary N) is 1. The molecule has 1 fully saturated rings. The van der Waals surface area contributed by atoms with Crippen molar-refractivity contribution in [3.8, 4) is 5.75 Å². The standard InChI is InChI=1S/C11H15NO3S2/c13-9-3-5-11(6-4-9)17(14,15)12-8-10-2-1-7-16-10/h3-6,10,12-13H,1-2,7-8H2. The molecular formula is C11H15NO3S2. The molecule has 17 heavy (non-hydrogen) atoms. The SMILES string of the molecule is O=S(=O)(NCC1CCCS1)c1ccc(O)cc1. The maximum Gasteiger partial charge on any atom is 0.240 e. The summed E-state index contributed by atoms with van der Waals surface area (Å²) in [4.78, 5) is 0.193. The molecule has 0 aliphatic carbocycles. The van der Waals surface area contributed by atoms with E-state index in [2.05, 4.69) is 4.72 Å². The highest BCUT2D eigenvalue weighted by molar-refractivity contribution is 8.00. The molecule has 94 valence electrons. The molecule has 1 atom stereocenters. The van der Waals surface area contributed by atoms with Crippen molar-refractivity contribution in [2.75, 3.05) is 12.3 Å². The van der Waals surface area contributed by atoms with Gasteiger partial charge >= 0.3 is 0 Å². The number of rotatable bonds is 4. The van der Waals surface area contributed by atoms with Gasteiger partial charge in [0.05, 0.1) is 4.90 Å². The van der Waals surface area contributed by atoms with Crippen LogP contribution in [-0.2, 0) is 10.0 Å². The van der Waals surface area contributed by atoms with Crippen molar-refractivity contribution < 1.29 is 13.5 Å². The van der Waals surface area contributed by atoms with Crippen LogP contribution >= 0.6 is 11.8 Å². The van der Waals surface area contributed by atoms with Crippen molar-refractivity contribution in [1.29, 1.82) is 0 Å². The molecule has 6 heteroatoms. The van der Waals surface area contributed by atoms with Crippen molar-refractivity contribution in [2.24, 2.45) is 0 Å². The van der Waals surface area contributed by atoms with Crippen molar-refractivity contribution in [3.05, 3.63) is 24.3 Å². The van der Waals surface area contributed by atoms with Crippen LogP contribution in [0.1, 0.15) is 12.8 Å². The number of benzene rings is 1. The Morgan fingerprint density at radius 1 is 1.35 bits per heavy atom. The summed E-state index contributed by atoms with van der Waals surface area (Å²) in [5.74, 6) is 1.18. The third kappa shape index (κ3) is 3.37. The summed E-state index contributed by atoms with van der Waals surface area (Å²) in [6, 6.07) is 5.55. The van der Waals surface area contributed by atoms with E-state index in [1.165, 1.54) is 24.3 Å². The van der Waals surface area contributed by atoms with Gasteiger partial charge in [0.15, 0.2) is 0 Å². The third-order valence-electron chi connectivity index (χ3n) is 2.67. The minimum absolute atomic E-state index is 0.0651. The van der Waals surface area contributed by atoms with Crippen LogP contribution in [0.25, 0.3) is 0 Å². The molecule has 1 unspecified atom stereocenters. The van der Waals surface area contributed by atoms with Gasteiger partial charge in [-0.15, -0.1) is 0 Å². The van der Waals surface area contributed by atoms with Crippen LogP contribution in [0.3, 0.4) is 0 Å². The molecule has 1 aromatic carbocycles. The van der Waals surface area contributed by atoms with Gasteiger partial charge in [-0.1, -0.05) is 0 Å². The number of sulfonamides is 1. The molecular weight excluding hydrogens is 258 g/mol. The van der Waals surface area contributed by atoms with Crippen LogP contribution in [0.2, 0.25) is 0 Å². The number of hydrogen-bond donors (Lipinski definition) is 2. The molecule has 1 aliphatic heterocycles. The van der Waals surface area contributed by atoms with E-state index in [0.29, 0.717) is 11.8 Å². The maximum absolute atomic E-state index is 11.9. The molecule has 1 aliphatic rings. The smallest absolute Gasteiger partial charge is 0.240 e. The van der Waals surface area contributed by atoms with Gasteiger partial charge in [-0.3, -0.25) is 0 Å². The van der Waals surface area contributed by atoms with E-state index >= 15 is 0 Å². The maximum atomic E-state index is 11.9. The first-order chi connectivity index (χ1) is 8.08. The molecule has 1 saturated heterocycles. The highest BCUT2D eigenvalue weighted by Gasteiger charge is 2.19. The lowest BCUT2D eigenvalue weighted by molar-refractivity contribution is 0.474. The zero-order valence-corrected chi connectivity index (χ0v) is 10.9. The summed E-state index contributed by atoms with van der Waals surface area (Å²) in [6.45, 7) is 0.480. The fourth-order valence-electron chi connectivity index (χ4n) is 1.72. The van der Waals surface area contributed by atoms with E-state index in [-0.39, 0.29) is 10.6 Å². The Morgan fingerprint density at radius 2 is 2.06 bits per heavy atom. The molecule has 2 N–H and O–H groups in total. The summed E-state index contributed by atoms with van der Waals surface area (Å²) >= 11 is 1.81. The Kier molecular flexibility index (Phi) is 3.96. The molecule has 0 saturated carbocycles. The zero-order chi connectivity index (χ0) is 12.3. The minimum Gasteiger partial charge on any atom is -0.508 e. The van der Waals surface area contributed by atoms with E-state index in [0.717, 1.165) is 18.6 Å². The van der Waals surface area contributed by atoms with Crippen LogP contribution in [-0.4, -0.2) is 31.1 Å². The Balaban J connectivity index is 2.00. The summed E-state index contributed by atoms with van der Waals surface area (Å²) in [5.41, 5.74) is 0. The van der Waals surface area contributed by atoms with Crippen molar-refractivity contribution in [3.63, 3.8) is 0 Å². The Morgan fingerprint density at radius 3 is 2.65 bits per heavy atom. The molecule has 0 amide bonds. The Bertz CT molecular complexity index is 464. The number of thioether (sulfide) groups is 1. The van der Waals surface area contributed by atoms with Crippen LogP contribution < -0.4 is 4.72 Å². The summed E-state index contributed by atoms with van der Waals surface area (Å²) in [6.07, 6.45) is 2.24. The van der Waals surface area contributed by atoms with Crippen molar-refractivity contribution in [1.82, 2.24) is 4.72 Å². The lowest BCUT2D eigenvalue weighted by atomic mass is 10.2. The van der Waals surface area contributed by atoms with Gasteiger partial charge < -0.3 is 5.11 Å². The van der Waals surface area contributed by atoms with E-state index in [9.17, 15) is 8.42 Å². The largest absolute Gasteiger partial charge is 0.508 e. The average Bonchev–Trinajstić information content (AvgIpc) is 2.80. The highest BCUT2D eigenvalue weighted by Crippen LogP contribution is 2.25. The van der Waals surface area contributed by atoms with E-state index < -0.39 is 10.0 Å². The van der Waals surface area contributed by atoms with Crippen molar-refractivity contribution >= 4 is 21.8 Å². The first-order valence-corrected chi connectivity index (χ1v) is 8.01. The molecule has 4 nitrogen and oxygen atoms in total. The average molecular weight is 273 g/mol. The molecule has 0 radical (unpaired) electrons. The predicted molar refractivity (Wildman–Crippen MR) is 68.8 cm³/mol. The Labute approximate surface area is 105 Å². The molecule has 1 heterocycles. The monoisotopic (exact) mass is 273 g/mol. The van der Waals surface area contributed by atoms with Crippen LogP contribution in [0.5, 0.6) is 5.75 Å². The number of phenolic OH excluding ortho intramolecular Hbond substituents is 1. The fourth-order valence-corrected chi connectivity index (χ4v) is 4.10. The van der Waals surface area contributed by atoms with Gasteiger partial charge in [0.2, 0.25) is 10.0 Å². The van der Waals surface area contributed by atoms with Crippen molar-refractivity contribution in [2.45, 2.75) is 23.0 Å².